The SMILES string of the molecule is CC[C@@H]1CCc2sc3ncnc(OC4CCC(N(C)C(=O)OC(C)(C)C)CC4)c3c21. The zero-order chi connectivity index (χ0) is 21.5. The van der Waals surface area contributed by atoms with Crippen LogP contribution in [0.15, 0.2) is 6.33 Å². The fraction of sp³-hybridized carbons (Fsp3) is 0.696. The van der Waals surface area contributed by atoms with Crippen LogP contribution in [-0.4, -0.2) is 45.8 Å². The van der Waals surface area contributed by atoms with Crippen molar-refractivity contribution in [3.8, 4) is 5.88 Å². The predicted octanol–water partition coefficient (Wildman–Crippen LogP) is 5.69. The van der Waals surface area contributed by atoms with Crippen LogP contribution in [0.1, 0.15) is 82.6 Å². The van der Waals surface area contributed by atoms with Crippen LogP contribution >= 0.6 is 11.3 Å². The quantitative estimate of drug-likeness (QED) is 0.622. The molecule has 0 saturated heterocycles. The molecule has 0 bridgehead atoms. The maximum Gasteiger partial charge on any atom is 0.410 e. The molecular formula is C23H33N3O3S. The highest BCUT2D eigenvalue weighted by Gasteiger charge is 2.32. The van der Waals surface area contributed by atoms with Gasteiger partial charge in [-0.3, -0.25) is 0 Å². The summed E-state index contributed by atoms with van der Waals surface area (Å²) in [6, 6.07) is 0.194. The highest BCUT2D eigenvalue weighted by molar-refractivity contribution is 7.19. The topological polar surface area (TPSA) is 64.6 Å². The molecule has 0 unspecified atom stereocenters. The van der Waals surface area contributed by atoms with E-state index in [1.165, 1.54) is 16.9 Å². The number of amides is 1. The predicted molar refractivity (Wildman–Crippen MR) is 119 cm³/mol. The highest BCUT2D eigenvalue weighted by Crippen LogP contribution is 2.47. The van der Waals surface area contributed by atoms with Gasteiger partial charge in [-0.1, -0.05) is 6.92 Å². The Morgan fingerprint density at radius 1 is 1.20 bits per heavy atom. The number of hydrogen-bond donors (Lipinski definition) is 0. The number of nitrogens with zero attached hydrogens (tertiary/aromatic N) is 3. The Morgan fingerprint density at radius 3 is 2.60 bits per heavy atom. The molecule has 30 heavy (non-hydrogen) atoms. The first kappa shape index (κ1) is 21.3. The number of aromatic nitrogens is 2. The molecule has 7 heteroatoms. The van der Waals surface area contributed by atoms with E-state index in [1.807, 2.05) is 27.8 Å². The summed E-state index contributed by atoms with van der Waals surface area (Å²) in [5, 5.41) is 1.15. The van der Waals surface area contributed by atoms with Crippen LogP contribution in [0.2, 0.25) is 0 Å². The van der Waals surface area contributed by atoms with E-state index in [0.717, 1.165) is 54.6 Å². The second kappa shape index (κ2) is 8.33. The number of aryl methyl sites for hydroxylation is 1. The zero-order valence-electron chi connectivity index (χ0n) is 18.7. The van der Waals surface area contributed by atoms with Crippen LogP contribution in [0, 0.1) is 0 Å². The molecule has 2 aromatic rings. The van der Waals surface area contributed by atoms with Crippen molar-refractivity contribution in [1.29, 1.82) is 0 Å². The Kier molecular flexibility index (Phi) is 5.93. The monoisotopic (exact) mass is 431 g/mol. The molecular weight excluding hydrogens is 398 g/mol. The number of thiophene rings is 1. The lowest BCUT2D eigenvalue weighted by Gasteiger charge is -2.35. The molecule has 0 radical (unpaired) electrons. The van der Waals surface area contributed by atoms with Gasteiger partial charge in [0.15, 0.2) is 0 Å². The molecule has 2 aliphatic rings. The van der Waals surface area contributed by atoms with Crippen molar-refractivity contribution in [3.63, 3.8) is 0 Å². The zero-order valence-corrected chi connectivity index (χ0v) is 19.6. The van der Waals surface area contributed by atoms with Crippen LogP contribution < -0.4 is 4.74 Å². The van der Waals surface area contributed by atoms with E-state index in [0.29, 0.717) is 5.92 Å². The van der Waals surface area contributed by atoms with Gasteiger partial charge in [-0.25, -0.2) is 14.8 Å². The number of rotatable bonds is 4. The van der Waals surface area contributed by atoms with E-state index in [9.17, 15) is 4.79 Å². The molecule has 0 spiro atoms. The summed E-state index contributed by atoms with van der Waals surface area (Å²) in [5.74, 6) is 1.35. The van der Waals surface area contributed by atoms with Gasteiger partial charge in [0, 0.05) is 18.0 Å². The summed E-state index contributed by atoms with van der Waals surface area (Å²) >= 11 is 1.80. The van der Waals surface area contributed by atoms with E-state index in [1.54, 1.807) is 22.6 Å². The van der Waals surface area contributed by atoms with E-state index in [4.69, 9.17) is 9.47 Å². The maximum absolute atomic E-state index is 12.4. The first-order valence-corrected chi connectivity index (χ1v) is 12.0. The fourth-order valence-corrected chi connectivity index (χ4v) is 5.96. The summed E-state index contributed by atoms with van der Waals surface area (Å²) in [4.78, 5) is 25.7. The summed E-state index contributed by atoms with van der Waals surface area (Å²) < 4.78 is 12.0. The van der Waals surface area contributed by atoms with E-state index in [2.05, 4.69) is 16.9 Å². The third-order valence-electron chi connectivity index (χ3n) is 6.34. The van der Waals surface area contributed by atoms with Crippen molar-refractivity contribution in [2.75, 3.05) is 7.05 Å². The van der Waals surface area contributed by atoms with Gasteiger partial charge in [-0.15, -0.1) is 11.3 Å². The van der Waals surface area contributed by atoms with Crippen molar-refractivity contribution >= 4 is 27.6 Å². The highest BCUT2D eigenvalue weighted by atomic mass is 32.1. The van der Waals surface area contributed by atoms with Gasteiger partial charge < -0.3 is 14.4 Å². The van der Waals surface area contributed by atoms with Crippen molar-refractivity contribution in [2.24, 2.45) is 0 Å². The first-order chi connectivity index (χ1) is 14.3. The first-order valence-electron chi connectivity index (χ1n) is 11.2. The minimum absolute atomic E-state index is 0.128. The minimum Gasteiger partial charge on any atom is -0.474 e. The minimum atomic E-state index is -0.471. The van der Waals surface area contributed by atoms with Crippen LogP contribution in [0.4, 0.5) is 4.79 Å². The Hall–Kier alpha value is -1.89. The molecule has 0 N–H and O–H groups in total. The van der Waals surface area contributed by atoms with Gasteiger partial charge in [-0.2, -0.15) is 0 Å². The van der Waals surface area contributed by atoms with Crippen LogP contribution in [0.25, 0.3) is 10.2 Å². The molecule has 164 valence electrons. The average Bonchev–Trinajstić information content (AvgIpc) is 3.26. The summed E-state index contributed by atoms with van der Waals surface area (Å²) in [6.07, 6.45) is 8.68. The van der Waals surface area contributed by atoms with E-state index in [-0.39, 0.29) is 18.2 Å². The van der Waals surface area contributed by atoms with E-state index >= 15 is 0 Å². The summed E-state index contributed by atoms with van der Waals surface area (Å²) in [6.45, 7) is 7.96. The standard InChI is InChI=1S/C23H33N3O3S/c1-6-14-7-12-17-18(14)19-20(24-13-25-21(19)30-17)28-16-10-8-15(9-11-16)26(5)22(27)29-23(2,3)4/h13-16H,6-12H2,1-5H3/t14-,15?,16?/m1/s1. The molecule has 1 saturated carbocycles. The van der Waals surface area contributed by atoms with Gasteiger partial charge in [0.2, 0.25) is 5.88 Å². The van der Waals surface area contributed by atoms with Crippen molar-refractivity contribution in [3.05, 3.63) is 16.8 Å². The van der Waals surface area contributed by atoms with Gasteiger partial charge >= 0.3 is 6.09 Å². The molecule has 2 aliphatic carbocycles. The molecule has 2 heterocycles. The Labute approximate surface area is 183 Å². The molecule has 6 nitrogen and oxygen atoms in total. The molecule has 4 rings (SSSR count). The van der Waals surface area contributed by atoms with Crippen LogP contribution in [0.5, 0.6) is 5.88 Å². The second-order valence-electron chi connectivity index (χ2n) is 9.58. The summed E-state index contributed by atoms with van der Waals surface area (Å²) in [7, 11) is 1.84. The molecule has 0 aliphatic heterocycles. The van der Waals surface area contributed by atoms with Gasteiger partial charge in [-0.05, 0) is 77.2 Å². The summed E-state index contributed by atoms with van der Waals surface area (Å²) in [5.41, 5.74) is 0.965. The smallest absolute Gasteiger partial charge is 0.410 e. The van der Waals surface area contributed by atoms with Gasteiger partial charge in [0.1, 0.15) is 22.9 Å². The normalized spacial score (nSPS) is 24.0. The van der Waals surface area contributed by atoms with Gasteiger partial charge in [0.25, 0.3) is 0 Å². The average molecular weight is 432 g/mol. The number of hydrogen-bond acceptors (Lipinski definition) is 6. The Bertz CT molecular complexity index is 912. The van der Waals surface area contributed by atoms with Gasteiger partial charge in [0.05, 0.1) is 5.39 Å². The lowest BCUT2D eigenvalue weighted by atomic mass is 9.92. The molecule has 1 atom stereocenters. The number of carbonyl (C=O) groups is 1. The maximum atomic E-state index is 12.4. The molecule has 2 aromatic heterocycles. The van der Waals surface area contributed by atoms with E-state index < -0.39 is 5.60 Å². The molecule has 1 fully saturated rings. The van der Waals surface area contributed by atoms with Crippen molar-refractivity contribution < 1.29 is 14.3 Å². The Morgan fingerprint density at radius 2 is 1.93 bits per heavy atom. The van der Waals surface area contributed by atoms with Crippen molar-refractivity contribution in [2.45, 2.75) is 96.3 Å². The van der Waals surface area contributed by atoms with Crippen molar-refractivity contribution in [1.82, 2.24) is 14.9 Å². The second-order valence-corrected chi connectivity index (χ2v) is 10.7. The molecule has 1 amide bonds. The number of fused-ring (bicyclic) bond motifs is 3. The lowest BCUT2D eigenvalue weighted by Crippen LogP contribution is -2.43. The molecule has 0 aromatic carbocycles. The third-order valence-corrected chi connectivity index (χ3v) is 7.51. The number of carbonyl (C=O) groups excluding carboxylic acids is 1. The van der Waals surface area contributed by atoms with Crippen LogP contribution in [-0.2, 0) is 11.2 Å². The largest absolute Gasteiger partial charge is 0.474 e. The Balaban J connectivity index is 1.43. The third kappa shape index (κ3) is 4.27. The number of ether oxygens (including phenoxy) is 2. The lowest BCUT2D eigenvalue weighted by molar-refractivity contribution is 0.0138. The fourth-order valence-electron chi connectivity index (χ4n) is 4.73. The van der Waals surface area contributed by atoms with Crippen LogP contribution in [0.3, 0.4) is 0 Å².